The lowest BCUT2D eigenvalue weighted by Crippen LogP contribution is -2.03. The van der Waals surface area contributed by atoms with E-state index in [4.69, 9.17) is 10.5 Å². The van der Waals surface area contributed by atoms with Crippen LogP contribution in [-0.4, -0.2) is 23.9 Å². The van der Waals surface area contributed by atoms with Gasteiger partial charge in [-0.25, -0.2) is 0 Å². The van der Waals surface area contributed by atoms with Gasteiger partial charge in [0, 0.05) is 5.56 Å². The molecule has 0 unspecified atom stereocenters. The van der Waals surface area contributed by atoms with Gasteiger partial charge in [-0.3, -0.25) is 5.10 Å². The molecule has 4 nitrogen and oxygen atoms in total. The third-order valence-corrected chi connectivity index (χ3v) is 3.05. The highest BCUT2D eigenvalue weighted by Gasteiger charge is 2.15. The van der Waals surface area contributed by atoms with Crippen molar-refractivity contribution in [1.29, 1.82) is 0 Å². The molecule has 0 aliphatic rings. The Labute approximate surface area is 107 Å². The first-order chi connectivity index (χ1) is 8.67. The Kier molecular flexibility index (Phi) is 3.67. The standard InChI is InChI=1S/C14H19N3O/c1-9-6-10(2)13(12(7-9)18-3)14-11(4-5-15)8-16-17-14/h6-8H,4-5,15H2,1-3H3,(H,16,17). The summed E-state index contributed by atoms with van der Waals surface area (Å²) in [6, 6.07) is 4.18. The van der Waals surface area contributed by atoms with Crippen molar-refractivity contribution in [2.75, 3.05) is 13.7 Å². The normalized spacial score (nSPS) is 10.7. The smallest absolute Gasteiger partial charge is 0.128 e. The van der Waals surface area contributed by atoms with Crippen LogP contribution in [0, 0.1) is 13.8 Å². The molecule has 1 aromatic heterocycles. The van der Waals surface area contributed by atoms with Gasteiger partial charge in [0.25, 0.3) is 0 Å². The molecule has 0 saturated heterocycles. The summed E-state index contributed by atoms with van der Waals surface area (Å²) in [7, 11) is 1.69. The van der Waals surface area contributed by atoms with Crippen molar-refractivity contribution >= 4 is 0 Å². The number of aromatic nitrogens is 2. The van der Waals surface area contributed by atoms with E-state index in [1.807, 2.05) is 12.3 Å². The van der Waals surface area contributed by atoms with Crippen LogP contribution in [0.4, 0.5) is 0 Å². The minimum atomic E-state index is 0.611. The third-order valence-electron chi connectivity index (χ3n) is 3.05. The number of aryl methyl sites for hydroxylation is 2. The summed E-state index contributed by atoms with van der Waals surface area (Å²) in [4.78, 5) is 0. The number of benzene rings is 1. The minimum Gasteiger partial charge on any atom is -0.496 e. The zero-order valence-electron chi connectivity index (χ0n) is 11.1. The molecule has 0 saturated carbocycles. The van der Waals surface area contributed by atoms with Gasteiger partial charge in [0.2, 0.25) is 0 Å². The summed E-state index contributed by atoms with van der Waals surface area (Å²) in [6.07, 6.45) is 2.64. The van der Waals surface area contributed by atoms with Gasteiger partial charge < -0.3 is 10.5 Å². The van der Waals surface area contributed by atoms with Gasteiger partial charge in [-0.05, 0) is 49.6 Å². The van der Waals surface area contributed by atoms with Gasteiger partial charge in [-0.1, -0.05) is 6.07 Å². The van der Waals surface area contributed by atoms with Gasteiger partial charge in [-0.15, -0.1) is 0 Å². The Morgan fingerprint density at radius 1 is 1.33 bits per heavy atom. The third kappa shape index (κ3) is 2.24. The highest BCUT2D eigenvalue weighted by Crippen LogP contribution is 2.34. The van der Waals surface area contributed by atoms with E-state index in [1.54, 1.807) is 7.11 Å². The zero-order chi connectivity index (χ0) is 13.1. The number of aromatic amines is 1. The quantitative estimate of drug-likeness (QED) is 0.868. The average molecular weight is 245 g/mol. The van der Waals surface area contributed by atoms with Gasteiger partial charge in [-0.2, -0.15) is 5.10 Å². The summed E-state index contributed by atoms with van der Waals surface area (Å²) >= 11 is 0. The van der Waals surface area contributed by atoms with Gasteiger partial charge >= 0.3 is 0 Å². The van der Waals surface area contributed by atoms with Crippen LogP contribution < -0.4 is 10.5 Å². The molecule has 0 radical (unpaired) electrons. The summed E-state index contributed by atoms with van der Waals surface area (Å²) in [5.41, 5.74) is 11.2. The maximum atomic E-state index is 5.63. The molecule has 0 aliphatic carbocycles. The van der Waals surface area contributed by atoms with E-state index < -0.39 is 0 Å². The van der Waals surface area contributed by atoms with E-state index >= 15 is 0 Å². The maximum absolute atomic E-state index is 5.63. The van der Waals surface area contributed by atoms with Crippen LogP contribution in [0.2, 0.25) is 0 Å². The number of ether oxygens (including phenoxy) is 1. The number of H-pyrrole nitrogens is 1. The van der Waals surface area contributed by atoms with E-state index in [1.165, 1.54) is 11.1 Å². The largest absolute Gasteiger partial charge is 0.496 e. The molecule has 0 fully saturated rings. The first kappa shape index (κ1) is 12.6. The molecule has 3 N–H and O–H groups in total. The van der Waals surface area contributed by atoms with Crippen molar-refractivity contribution in [1.82, 2.24) is 10.2 Å². The SMILES string of the molecule is COc1cc(C)cc(C)c1-c1[nH]ncc1CCN. The molecule has 0 spiro atoms. The van der Waals surface area contributed by atoms with Gasteiger partial charge in [0.1, 0.15) is 5.75 Å². The molecule has 2 aromatic rings. The number of rotatable bonds is 4. The first-order valence-electron chi connectivity index (χ1n) is 6.05. The Hall–Kier alpha value is -1.81. The number of hydrogen-bond donors (Lipinski definition) is 2. The number of nitrogens with one attached hydrogen (secondary N) is 1. The lowest BCUT2D eigenvalue weighted by molar-refractivity contribution is 0.415. The summed E-state index contributed by atoms with van der Waals surface area (Å²) in [5.74, 6) is 0.870. The summed E-state index contributed by atoms with van der Waals surface area (Å²) < 4.78 is 5.48. The molecule has 4 heteroatoms. The predicted octanol–water partition coefficient (Wildman–Crippen LogP) is 2.20. The Morgan fingerprint density at radius 2 is 2.11 bits per heavy atom. The molecule has 0 bridgehead atoms. The van der Waals surface area contributed by atoms with Crippen molar-refractivity contribution in [2.24, 2.45) is 5.73 Å². The van der Waals surface area contributed by atoms with Crippen molar-refractivity contribution < 1.29 is 4.74 Å². The predicted molar refractivity (Wildman–Crippen MR) is 72.8 cm³/mol. The second-order valence-corrected chi connectivity index (χ2v) is 4.47. The number of nitrogens with zero attached hydrogens (tertiary/aromatic N) is 1. The molecular formula is C14H19N3O. The molecule has 0 aliphatic heterocycles. The van der Waals surface area contributed by atoms with Gasteiger partial charge in [0.05, 0.1) is 19.0 Å². The average Bonchev–Trinajstić information content (AvgIpc) is 2.76. The fourth-order valence-corrected chi connectivity index (χ4v) is 2.28. The lowest BCUT2D eigenvalue weighted by Gasteiger charge is -2.13. The van der Waals surface area contributed by atoms with Crippen LogP contribution in [0.25, 0.3) is 11.3 Å². The van der Waals surface area contributed by atoms with E-state index in [9.17, 15) is 0 Å². The van der Waals surface area contributed by atoms with Crippen molar-refractivity contribution in [3.8, 4) is 17.0 Å². The molecular weight excluding hydrogens is 226 g/mol. The second kappa shape index (κ2) is 5.23. The van der Waals surface area contributed by atoms with Crippen LogP contribution in [0.3, 0.4) is 0 Å². The molecule has 1 heterocycles. The Balaban J connectivity index is 2.59. The number of hydrogen-bond acceptors (Lipinski definition) is 3. The van der Waals surface area contributed by atoms with E-state index in [-0.39, 0.29) is 0 Å². The Bertz CT molecular complexity index is 546. The topological polar surface area (TPSA) is 63.9 Å². The van der Waals surface area contributed by atoms with E-state index in [0.29, 0.717) is 6.54 Å². The molecule has 96 valence electrons. The van der Waals surface area contributed by atoms with E-state index in [0.717, 1.165) is 29.0 Å². The summed E-state index contributed by atoms with van der Waals surface area (Å²) in [6.45, 7) is 4.75. The maximum Gasteiger partial charge on any atom is 0.128 e. The molecule has 0 atom stereocenters. The van der Waals surface area contributed by atoms with Crippen molar-refractivity contribution in [2.45, 2.75) is 20.3 Å². The molecule has 18 heavy (non-hydrogen) atoms. The number of methoxy groups -OCH3 is 1. The monoisotopic (exact) mass is 245 g/mol. The van der Waals surface area contributed by atoms with Crippen molar-refractivity contribution in [3.05, 3.63) is 35.0 Å². The molecule has 0 amide bonds. The van der Waals surface area contributed by atoms with Crippen molar-refractivity contribution in [3.63, 3.8) is 0 Å². The minimum absolute atomic E-state index is 0.611. The molecule has 1 aromatic carbocycles. The Morgan fingerprint density at radius 3 is 2.78 bits per heavy atom. The second-order valence-electron chi connectivity index (χ2n) is 4.47. The zero-order valence-corrected chi connectivity index (χ0v) is 11.1. The van der Waals surface area contributed by atoms with Crippen LogP contribution in [0.5, 0.6) is 5.75 Å². The molecule has 2 rings (SSSR count). The van der Waals surface area contributed by atoms with Gasteiger partial charge in [0.15, 0.2) is 0 Å². The van der Waals surface area contributed by atoms with Crippen LogP contribution in [-0.2, 0) is 6.42 Å². The fraction of sp³-hybridized carbons (Fsp3) is 0.357. The first-order valence-corrected chi connectivity index (χ1v) is 6.05. The summed E-state index contributed by atoms with van der Waals surface area (Å²) in [5, 5.41) is 7.18. The highest BCUT2D eigenvalue weighted by atomic mass is 16.5. The number of nitrogens with two attached hydrogens (primary N) is 1. The lowest BCUT2D eigenvalue weighted by atomic mass is 9.98. The van der Waals surface area contributed by atoms with Crippen LogP contribution in [0.15, 0.2) is 18.3 Å². The highest BCUT2D eigenvalue weighted by molar-refractivity contribution is 5.73. The van der Waals surface area contributed by atoms with E-state index in [2.05, 4.69) is 30.1 Å². The van der Waals surface area contributed by atoms with Crippen LogP contribution >= 0.6 is 0 Å². The van der Waals surface area contributed by atoms with Crippen LogP contribution in [0.1, 0.15) is 16.7 Å². The fourth-order valence-electron chi connectivity index (χ4n) is 2.28.